The van der Waals surface area contributed by atoms with Crippen molar-refractivity contribution in [1.82, 2.24) is 9.97 Å². The summed E-state index contributed by atoms with van der Waals surface area (Å²) in [5, 5.41) is 15.0. The average Bonchev–Trinajstić information content (AvgIpc) is 2.46. The predicted molar refractivity (Wildman–Crippen MR) is 81.3 cm³/mol. The number of hydrogen-bond acceptors (Lipinski definition) is 5. The highest BCUT2D eigenvalue weighted by Gasteiger charge is 2.34. The summed E-state index contributed by atoms with van der Waals surface area (Å²) in [4.78, 5) is 19.0. The fourth-order valence-electron chi connectivity index (χ4n) is 2.90. The maximum absolute atomic E-state index is 10.9. The molecule has 1 aromatic carbocycles. The second-order valence-corrected chi connectivity index (χ2v) is 5.74. The van der Waals surface area contributed by atoms with Crippen LogP contribution in [0, 0.1) is 15.5 Å². The molecule has 6 heteroatoms. The van der Waals surface area contributed by atoms with Gasteiger partial charge in [-0.1, -0.05) is 13.3 Å². The number of hydrogen-bond donors (Lipinski definition) is 1. The van der Waals surface area contributed by atoms with E-state index in [1.165, 1.54) is 37.7 Å². The van der Waals surface area contributed by atoms with Gasteiger partial charge in [-0.15, -0.1) is 0 Å². The lowest BCUT2D eigenvalue weighted by Crippen LogP contribution is -2.36. The summed E-state index contributed by atoms with van der Waals surface area (Å²) >= 11 is 0. The first kappa shape index (κ1) is 13.7. The molecule has 1 aromatic heterocycles. The molecule has 0 spiro atoms. The van der Waals surface area contributed by atoms with Gasteiger partial charge in [0.1, 0.15) is 12.1 Å². The molecule has 0 atom stereocenters. The monoisotopic (exact) mass is 286 g/mol. The van der Waals surface area contributed by atoms with Gasteiger partial charge in [0.2, 0.25) is 0 Å². The van der Waals surface area contributed by atoms with Crippen molar-refractivity contribution in [3.63, 3.8) is 0 Å². The highest BCUT2D eigenvalue weighted by atomic mass is 16.6. The topological polar surface area (TPSA) is 81.0 Å². The van der Waals surface area contributed by atoms with Gasteiger partial charge in [-0.3, -0.25) is 10.1 Å². The van der Waals surface area contributed by atoms with Crippen LogP contribution in [0.15, 0.2) is 24.5 Å². The van der Waals surface area contributed by atoms with Crippen molar-refractivity contribution in [2.75, 3.05) is 11.9 Å². The minimum Gasteiger partial charge on any atom is -0.369 e. The zero-order chi connectivity index (χ0) is 14.9. The molecule has 0 bridgehead atoms. The van der Waals surface area contributed by atoms with Crippen LogP contribution in [0.2, 0.25) is 0 Å². The van der Waals surface area contributed by atoms with E-state index in [4.69, 9.17) is 0 Å². The average molecular weight is 286 g/mol. The highest BCUT2D eigenvalue weighted by molar-refractivity contribution is 5.90. The molecule has 1 aliphatic rings. The Morgan fingerprint density at radius 3 is 2.81 bits per heavy atom. The molecule has 110 valence electrons. The molecule has 2 aromatic rings. The zero-order valence-electron chi connectivity index (χ0n) is 12.0. The molecule has 1 fully saturated rings. The number of nitrogens with zero attached hydrogens (tertiary/aromatic N) is 3. The Labute approximate surface area is 122 Å². The smallest absolute Gasteiger partial charge is 0.270 e. The maximum atomic E-state index is 10.9. The van der Waals surface area contributed by atoms with Crippen LogP contribution in [0.1, 0.15) is 32.6 Å². The number of rotatable bonds is 5. The van der Waals surface area contributed by atoms with Crippen molar-refractivity contribution in [3.8, 4) is 0 Å². The Hall–Kier alpha value is -2.24. The fraction of sp³-hybridized carbons (Fsp3) is 0.467. The minimum absolute atomic E-state index is 0.0641. The zero-order valence-corrected chi connectivity index (χ0v) is 12.0. The lowest BCUT2D eigenvalue weighted by atomic mass is 9.67. The van der Waals surface area contributed by atoms with Gasteiger partial charge in [0.15, 0.2) is 0 Å². The summed E-state index contributed by atoms with van der Waals surface area (Å²) in [6, 6.07) is 4.68. The lowest BCUT2D eigenvalue weighted by molar-refractivity contribution is -0.384. The molecule has 0 unspecified atom stereocenters. The highest BCUT2D eigenvalue weighted by Crippen LogP contribution is 2.43. The third-order valence-corrected chi connectivity index (χ3v) is 4.62. The largest absolute Gasteiger partial charge is 0.369 e. The van der Waals surface area contributed by atoms with Crippen LogP contribution in [0.25, 0.3) is 10.9 Å². The summed E-state index contributed by atoms with van der Waals surface area (Å²) in [7, 11) is 0. The number of fused-ring (bicyclic) bond motifs is 1. The van der Waals surface area contributed by atoms with Gasteiger partial charge < -0.3 is 5.32 Å². The molecule has 1 heterocycles. The van der Waals surface area contributed by atoms with Crippen molar-refractivity contribution in [2.45, 2.75) is 32.6 Å². The minimum atomic E-state index is -0.393. The summed E-state index contributed by atoms with van der Waals surface area (Å²) in [6.07, 6.45) is 6.39. The van der Waals surface area contributed by atoms with Crippen LogP contribution >= 0.6 is 0 Å². The standard InChI is InChI=1S/C15H18N4O2/c1-2-15(6-3-7-15)9-16-14-12-8-11(19(20)21)4-5-13(12)17-10-18-14/h4-5,8,10H,2-3,6-7,9H2,1H3,(H,16,17,18). The van der Waals surface area contributed by atoms with E-state index in [0.717, 1.165) is 18.5 Å². The maximum Gasteiger partial charge on any atom is 0.270 e. The molecule has 21 heavy (non-hydrogen) atoms. The number of aromatic nitrogens is 2. The quantitative estimate of drug-likeness (QED) is 0.671. The normalized spacial score (nSPS) is 16.4. The second-order valence-electron chi connectivity index (χ2n) is 5.74. The van der Waals surface area contributed by atoms with Crippen molar-refractivity contribution >= 4 is 22.4 Å². The van der Waals surface area contributed by atoms with Crippen LogP contribution in [0.5, 0.6) is 0 Å². The number of non-ortho nitro benzene ring substituents is 1. The van der Waals surface area contributed by atoms with Crippen LogP contribution in [-0.2, 0) is 0 Å². The second kappa shape index (κ2) is 5.27. The summed E-state index contributed by atoms with van der Waals surface area (Å²) in [5.41, 5.74) is 1.14. The Balaban J connectivity index is 1.90. The van der Waals surface area contributed by atoms with Crippen molar-refractivity contribution in [1.29, 1.82) is 0 Å². The Kier molecular flexibility index (Phi) is 3.45. The number of nitro benzene ring substituents is 1. The van der Waals surface area contributed by atoms with Gasteiger partial charge >= 0.3 is 0 Å². The van der Waals surface area contributed by atoms with Gasteiger partial charge in [-0.05, 0) is 30.7 Å². The van der Waals surface area contributed by atoms with Crippen molar-refractivity contribution in [2.24, 2.45) is 5.41 Å². The molecule has 0 saturated heterocycles. The van der Waals surface area contributed by atoms with Crippen LogP contribution in [0.3, 0.4) is 0 Å². The van der Waals surface area contributed by atoms with E-state index in [0.29, 0.717) is 16.6 Å². The fourth-order valence-corrected chi connectivity index (χ4v) is 2.90. The van der Waals surface area contributed by atoms with Gasteiger partial charge in [-0.25, -0.2) is 9.97 Å². The molecular formula is C15H18N4O2. The first-order valence-corrected chi connectivity index (χ1v) is 7.27. The molecule has 1 aliphatic carbocycles. The molecule has 0 amide bonds. The van der Waals surface area contributed by atoms with Gasteiger partial charge in [0.25, 0.3) is 5.69 Å². The lowest BCUT2D eigenvalue weighted by Gasteiger charge is -2.41. The molecule has 6 nitrogen and oxygen atoms in total. The van der Waals surface area contributed by atoms with Crippen molar-refractivity contribution in [3.05, 3.63) is 34.6 Å². The Bertz CT molecular complexity index is 677. The van der Waals surface area contributed by atoms with Gasteiger partial charge in [0, 0.05) is 24.1 Å². The van der Waals surface area contributed by atoms with Crippen LogP contribution < -0.4 is 5.32 Å². The van der Waals surface area contributed by atoms with Crippen LogP contribution in [0.4, 0.5) is 11.5 Å². The predicted octanol–water partition coefficient (Wildman–Crippen LogP) is 3.53. The first-order chi connectivity index (χ1) is 10.1. The first-order valence-electron chi connectivity index (χ1n) is 7.27. The molecule has 1 N–H and O–H groups in total. The Morgan fingerprint density at radius 1 is 1.38 bits per heavy atom. The third kappa shape index (κ3) is 2.53. The van der Waals surface area contributed by atoms with E-state index >= 15 is 0 Å². The van der Waals surface area contributed by atoms with E-state index in [1.807, 2.05) is 0 Å². The molecule has 1 saturated carbocycles. The molecule has 0 radical (unpaired) electrons. The van der Waals surface area contributed by atoms with Gasteiger partial charge in [-0.2, -0.15) is 0 Å². The molecule has 3 rings (SSSR count). The van der Waals surface area contributed by atoms with E-state index in [1.54, 1.807) is 6.07 Å². The van der Waals surface area contributed by atoms with E-state index < -0.39 is 4.92 Å². The molecular weight excluding hydrogens is 268 g/mol. The SMILES string of the molecule is CCC1(CNc2ncnc3ccc([N+](=O)[O-])cc23)CCC1. The third-order valence-electron chi connectivity index (χ3n) is 4.62. The van der Waals surface area contributed by atoms with E-state index in [-0.39, 0.29) is 5.69 Å². The number of anilines is 1. The number of benzene rings is 1. The number of nitrogens with one attached hydrogen (secondary N) is 1. The summed E-state index contributed by atoms with van der Waals surface area (Å²) in [6.45, 7) is 3.07. The van der Waals surface area contributed by atoms with Crippen LogP contribution in [-0.4, -0.2) is 21.4 Å². The van der Waals surface area contributed by atoms with Crippen molar-refractivity contribution < 1.29 is 4.92 Å². The van der Waals surface area contributed by atoms with Gasteiger partial charge in [0.05, 0.1) is 10.4 Å². The molecule has 0 aliphatic heterocycles. The summed E-state index contributed by atoms with van der Waals surface area (Å²) < 4.78 is 0. The van der Waals surface area contributed by atoms with E-state index in [2.05, 4.69) is 22.2 Å². The Morgan fingerprint density at radius 2 is 2.19 bits per heavy atom. The summed E-state index contributed by atoms with van der Waals surface area (Å²) in [5.74, 6) is 0.684. The number of nitro groups is 1. The van der Waals surface area contributed by atoms with E-state index in [9.17, 15) is 10.1 Å².